The van der Waals surface area contributed by atoms with E-state index in [0.29, 0.717) is 10.4 Å². The topological polar surface area (TPSA) is 21.3 Å². The number of halogens is 4. The molecule has 0 radical (unpaired) electrons. The average molecular weight is 426 g/mol. The van der Waals surface area contributed by atoms with Gasteiger partial charge in [0.05, 0.1) is 0 Å². The van der Waals surface area contributed by atoms with E-state index in [-0.39, 0.29) is 24.6 Å². The Bertz CT molecular complexity index is 970. The Morgan fingerprint density at radius 2 is 1.86 bits per heavy atom. The molecule has 2 heterocycles. The SMILES string of the molecule is Cc1c(OCc2cc(-c3ccccc3)c(C(F)(F)F)s2)ccc2c1CCN2.Cl. The summed E-state index contributed by atoms with van der Waals surface area (Å²) in [5.41, 5.74) is 4.16. The second kappa shape index (κ2) is 8.05. The maximum atomic E-state index is 13.5. The van der Waals surface area contributed by atoms with Gasteiger partial charge in [0.15, 0.2) is 0 Å². The molecule has 0 unspecified atom stereocenters. The molecule has 1 aromatic heterocycles. The fourth-order valence-electron chi connectivity index (χ4n) is 3.41. The monoisotopic (exact) mass is 425 g/mol. The summed E-state index contributed by atoms with van der Waals surface area (Å²) in [7, 11) is 0. The summed E-state index contributed by atoms with van der Waals surface area (Å²) in [4.78, 5) is -0.0265. The fraction of sp³-hybridized carbons (Fsp3) is 0.238. The molecule has 4 rings (SSSR count). The Balaban J connectivity index is 0.00000225. The zero-order chi connectivity index (χ0) is 19.0. The quantitative estimate of drug-likeness (QED) is 0.501. The van der Waals surface area contributed by atoms with E-state index in [1.165, 1.54) is 5.56 Å². The van der Waals surface area contributed by atoms with E-state index < -0.39 is 11.1 Å². The van der Waals surface area contributed by atoms with Gasteiger partial charge in [-0.3, -0.25) is 0 Å². The van der Waals surface area contributed by atoms with Crippen molar-refractivity contribution in [1.82, 2.24) is 0 Å². The molecule has 3 aromatic rings. The first-order valence-corrected chi connectivity index (χ1v) is 9.49. The van der Waals surface area contributed by atoms with E-state index in [0.717, 1.165) is 41.3 Å². The van der Waals surface area contributed by atoms with Crippen LogP contribution in [-0.2, 0) is 19.2 Å². The molecule has 0 aliphatic carbocycles. The van der Waals surface area contributed by atoms with Crippen molar-refractivity contribution in [3.63, 3.8) is 0 Å². The molecule has 28 heavy (non-hydrogen) atoms. The molecule has 7 heteroatoms. The van der Waals surface area contributed by atoms with Crippen LogP contribution in [0.2, 0.25) is 0 Å². The van der Waals surface area contributed by atoms with E-state index >= 15 is 0 Å². The van der Waals surface area contributed by atoms with Gasteiger partial charge in [-0.05, 0) is 48.2 Å². The molecule has 148 valence electrons. The zero-order valence-corrected chi connectivity index (χ0v) is 16.7. The lowest BCUT2D eigenvalue weighted by atomic mass is 10.1. The van der Waals surface area contributed by atoms with E-state index in [9.17, 15) is 13.2 Å². The maximum absolute atomic E-state index is 13.5. The van der Waals surface area contributed by atoms with Gasteiger partial charge in [0, 0.05) is 22.7 Å². The van der Waals surface area contributed by atoms with Gasteiger partial charge in [-0.2, -0.15) is 13.2 Å². The van der Waals surface area contributed by atoms with Crippen molar-refractivity contribution in [2.75, 3.05) is 11.9 Å². The highest BCUT2D eigenvalue weighted by atomic mass is 35.5. The first kappa shape index (κ1) is 20.6. The van der Waals surface area contributed by atoms with Crippen LogP contribution < -0.4 is 10.1 Å². The Kier molecular flexibility index (Phi) is 5.91. The van der Waals surface area contributed by atoms with Crippen molar-refractivity contribution in [3.05, 3.63) is 69.4 Å². The number of benzene rings is 2. The highest BCUT2D eigenvalue weighted by Gasteiger charge is 2.36. The number of ether oxygens (including phenoxy) is 1. The van der Waals surface area contributed by atoms with Crippen molar-refractivity contribution in [1.29, 1.82) is 0 Å². The Hall–Kier alpha value is -2.18. The number of fused-ring (bicyclic) bond motifs is 1. The molecule has 1 aliphatic heterocycles. The summed E-state index contributed by atoms with van der Waals surface area (Å²) in [6, 6.07) is 14.1. The van der Waals surface area contributed by atoms with Gasteiger partial charge in [-0.25, -0.2) is 0 Å². The number of hydrogen-bond acceptors (Lipinski definition) is 3. The van der Waals surface area contributed by atoms with E-state index in [1.807, 2.05) is 19.1 Å². The summed E-state index contributed by atoms with van der Waals surface area (Å²) < 4.78 is 46.3. The smallest absolute Gasteiger partial charge is 0.426 e. The molecule has 0 fully saturated rings. The summed E-state index contributed by atoms with van der Waals surface area (Å²) in [5.74, 6) is 0.723. The van der Waals surface area contributed by atoms with E-state index in [4.69, 9.17) is 4.74 Å². The molecule has 2 nitrogen and oxygen atoms in total. The third-order valence-corrected chi connectivity index (χ3v) is 5.89. The van der Waals surface area contributed by atoms with Crippen molar-refractivity contribution >= 4 is 29.4 Å². The number of anilines is 1. The molecule has 0 bridgehead atoms. The number of hydrogen-bond donors (Lipinski definition) is 1. The zero-order valence-electron chi connectivity index (χ0n) is 15.1. The van der Waals surface area contributed by atoms with Gasteiger partial charge in [-0.1, -0.05) is 30.3 Å². The lowest BCUT2D eigenvalue weighted by Gasteiger charge is -2.11. The largest absolute Gasteiger partial charge is 0.488 e. The minimum Gasteiger partial charge on any atom is -0.488 e. The molecule has 0 saturated heterocycles. The average Bonchev–Trinajstić information content (AvgIpc) is 3.29. The molecule has 1 N–H and O–H groups in total. The fourth-order valence-corrected chi connectivity index (χ4v) is 4.37. The summed E-state index contributed by atoms with van der Waals surface area (Å²) in [6.45, 7) is 3.01. The van der Waals surface area contributed by atoms with Crippen LogP contribution in [0.3, 0.4) is 0 Å². The Labute approximate surface area is 171 Å². The van der Waals surface area contributed by atoms with Gasteiger partial charge in [0.1, 0.15) is 17.2 Å². The summed E-state index contributed by atoms with van der Waals surface area (Å²) in [5, 5.41) is 3.31. The summed E-state index contributed by atoms with van der Waals surface area (Å²) >= 11 is 0.749. The van der Waals surface area contributed by atoms with Crippen molar-refractivity contribution in [2.45, 2.75) is 26.1 Å². The third-order valence-electron chi connectivity index (χ3n) is 4.73. The van der Waals surface area contributed by atoms with Crippen LogP contribution >= 0.6 is 23.7 Å². The molecule has 0 atom stereocenters. The van der Waals surface area contributed by atoms with Gasteiger partial charge < -0.3 is 10.1 Å². The minimum absolute atomic E-state index is 0. The van der Waals surface area contributed by atoms with Crippen LogP contribution in [0, 0.1) is 6.92 Å². The van der Waals surface area contributed by atoms with Crippen LogP contribution in [0.25, 0.3) is 11.1 Å². The molecule has 0 spiro atoms. The van der Waals surface area contributed by atoms with Gasteiger partial charge in [0.25, 0.3) is 0 Å². The maximum Gasteiger partial charge on any atom is 0.426 e. The Morgan fingerprint density at radius 1 is 1.11 bits per heavy atom. The molecule has 2 aromatic carbocycles. The van der Waals surface area contributed by atoms with E-state index in [2.05, 4.69) is 5.32 Å². The first-order chi connectivity index (χ1) is 12.9. The number of alkyl halides is 3. The third kappa shape index (κ3) is 3.98. The highest BCUT2D eigenvalue weighted by molar-refractivity contribution is 7.12. The summed E-state index contributed by atoms with van der Waals surface area (Å²) in [6.07, 6.45) is -3.45. The number of nitrogens with one attached hydrogen (secondary N) is 1. The molecular formula is C21H19ClF3NOS. The van der Waals surface area contributed by atoms with Gasteiger partial charge in [0.2, 0.25) is 0 Å². The highest BCUT2D eigenvalue weighted by Crippen LogP contribution is 2.43. The lowest BCUT2D eigenvalue weighted by Crippen LogP contribution is -2.03. The van der Waals surface area contributed by atoms with Crippen LogP contribution in [-0.4, -0.2) is 6.54 Å². The van der Waals surface area contributed by atoms with E-state index in [1.54, 1.807) is 36.4 Å². The number of rotatable bonds is 4. The lowest BCUT2D eigenvalue weighted by molar-refractivity contribution is -0.133. The second-order valence-electron chi connectivity index (χ2n) is 6.50. The molecular weight excluding hydrogens is 407 g/mol. The minimum atomic E-state index is -4.39. The molecule has 0 saturated carbocycles. The predicted molar refractivity (Wildman–Crippen MR) is 110 cm³/mol. The standard InChI is InChI=1S/C21H18F3NOS.ClH/c1-13-16-9-10-25-18(16)7-8-19(13)26-12-15-11-17(14-5-3-2-4-6-14)20(27-15)21(22,23)24;/h2-8,11,25H,9-10,12H2,1H3;1H. The van der Waals surface area contributed by atoms with Crippen LogP contribution in [0.15, 0.2) is 48.5 Å². The van der Waals surface area contributed by atoms with Crippen molar-refractivity contribution in [2.24, 2.45) is 0 Å². The predicted octanol–water partition coefficient (Wildman–Crippen LogP) is 6.71. The normalized spacial score (nSPS) is 12.9. The first-order valence-electron chi connectivity index (χ1n) is 8.68. The van der Waals surface area contributed by atoms with Gasteiger partial charge in [-0.15, -0.1) is 23.7 Å². The van der Waals surface area contributed by atoms with Gasteiger partial charge >= 0.3 is 6.18 Å². The van der Waals surface area contributed by atoms with Crippen LogP contribution in [0.5, 0.6) is 5.75 Å². The number of thiophene rings is 1. The van der Waals surface area contributed by atoms with Crippen molar-refractivity contribution < 1.29 is 17.9 Å². The molecule has 0 amide bonds. The van der Waals surface area contributed by atoms with Crippen molar-refractivity contribution in [3.8, 4) is 16.9 Å². The Morgan fingerprint density at radius 3 is 2.57 bits per heavy atom. The molecule has 1 aliphatic rings. The second-order valence-corrected chi connectivity index (χ2v) is 7.64. The van der Waals surface area contributed by atoms with Crippen LogP contribution in [0.1, 0.15) is 20.9 Å². The van der Waals surface area contributed by atoms with Crippen LogP contribution in [0.4, 0.5) is 18.9 Å².